The van der Waals surface area contributed by atoms with Gasteiger partial charge in [0.1, 0.15) is 5.75 Å². The topological polar surface area (TPSA) is 46.6 Å². The number of ketones is 1. The molecule has 0 aliphatic carbocycles. The van der Waals surface area contributed by atoms with E-state index in [-0.39, 0.29) is 30.6 Å². The maximum atomic E-state index is 12.7. The summed E-state index contributed by atoms with van der Waals surface area (Å²) in [6.45, 7) is 0.741. The number of hydrogen-bond donors (Lipinski definition) is 0. The zero-order chi connectivity index (χ0) is 18.5. The molecule has 0 saturated carbocycles. The SMILES string of the molecule is COc1ccc(C2CCCN2C(=O)CCC(=O)c2ccc(Cl)cc2)cc1. The van der Waals surface area contributed by atoms with Crippen molar-refractivity contribution in [3.63, 3.8) is 0 Å². The van der Waals surface area contributed by atoms with Crippen LogP contribution in [0.4, 0.5) is 0 Å². The maximum Gasteiger partial charge on any atom is 0.223 e. The van der Waals surface area contributed by atoms with Crippen LogP contribution >= 0.6 is 11.6 Å². The fourth-order valence-electron chi connectivity index (χ4n) is 3.38. The van der Waals surface area contributed by atoms with Crippen LogP contribution in [0.5, 0.6) is 5.75 Å². The third kappa shape index (κ3) is 4.25. The highest BCUT2D eigenvalue weighted by atomic mass is 35.5. The number of carbonyl (C=O) groups excluding carboxylic acids is 2. The first-order valence-corrected chi connectivity index (χ1v) is 9.18. The number of hydrogen-bond acceptors (Lipinski definition) is 3. The Kier molecular flexibility index (Phi) is 5.94. The van der Waals surface area contributed by atoms with Gasteiger partial charge in [0.05, 0.1) is 13.2 Å². The van der Waals surface area contributed by atoms with Crippen LogP contribution in [0, 0.1) is 0 Å². The lowest BCUT2D eigenvalue weighted by Gasteiger charge is -2.25. The Balaban J connectivity index is 1.61. The Morgan fingerprint density at radius 2 is 1.77 bits per heavy atom. The molecule has 4 nitrogen and oxygen atoms in total. The quantitative estimate of drug-likeness (QED) is 0.693. The average molecular weight is 372 g/mol. The molecule has 1 fully saturated rings. The molecule has 1 unspecified atom stereocenters. The van der Waals surface area contributed by atoms with Crippen LogP contribution in [-0.2, 0) is 4.79 Å². The Morgan fingerprint density at radius 1 is 1.08 bits per heavy atom. The lowest BCUT2D eigenvalue weighted by atomic mass is 10.0. The van der Waals surface area contributed by atoms with Crippen LogP contribution in [0.1, 0.15) is 47.6 Å². The van der Waals surface area contributed by atoms with Gasteiger partial charge < -0.3 is 9.64 Å². The summed E-state index contributed by atoms with van der Waals surface area (Å²) < 4.78 is 5.19. The molecule has 1 aliphatic rings. The summed E-state index contributed by atoms with van der Waals surface area (Å²) in [5, 5.41) is 0.594. The highest BCUT2D eigenvalue weighted by molar-refractivity contribution is 6.30. The number of carbonyl (C=O) groups is 2. The van der Waals surface area contributed by atoms with E-state index in [1.165, 1.54) is 0 Å². The average Bonchev–Trinajstić information content (AvgIpc) is 3.16. The molecular weight excluding hydrogens is 350 g/mol. The molecule has 1 atom stereocenters. The van der Waals surface area contributed by atoms with Crippen molar-refractivity contribution in [2.24, 2.45) is 0 Å². The van der Waals surface area contributed by atoms with Crippen molar-refractivity contribution in [1.29, 1.82) is 0 Å². The summed E-state index contributed by atoms with van der Waals surface area (Å²) in [7, 11) is 1.64. The molecule has 1 amide bonds. The Labute approximate surface area is 158 Å². The molecule has 5 heteroatoms. The lowest BCUT2D eigenvalue weighted by molar-refractivity contribution is -0.132. The first-order chi connectivity index (χ1) is 12.6. The van der Waals surface area contributed by atoms with E-state index in [0.717, 1.165) is 30.7 Å². The standard InChI is InChI=1S/C21H22ClNO3/c1-26-18-10-6-15(7-11-18)19-3-2-14-23(19)21(25)13-12-20(24)16-4-8-17(22)9-5-16/h4-11,19H,2-3,12-14H2,1H3. The van der Waals surface area contributed by atoms with Crippen LogP contribution < -0.4 is 4.74 Å². The first kappa shape index (κ1) is 18.5. The van der Waals surface area contributed by atoms with Crippen LogP contribution in [0.2, 0.25) is 5.02 Å². The molecule has 136 valence electrons. The summed E-state index contributed by atoms with van der Waals surface area (Å²) in [4.78, 5) is 26.8. The van der Waals surface area contributed by atoms with Crippen LogP contribution in [0.3, 0.4) is 0 Å². The normalized spacial score (nSPS) is 16.5. The van der Waals surface area contributed by atoms with Gasteiger partial charge in [-0.3, -0.25) is 9.59 Å². The number of amides is 1. The van der Waals surface area contributed by atoms with Gasteiger partial charge >= 0.3 is 0 Å². The molecule has 0 aromatic heterocycles. The van der Waals surface area contributed by atoms with Crippen molar-refractivity contribution in [2.75, 3.05) is 13.7 Å². The monoisotopic (exact) mass is 371 g/mol. The van der Waals surface area contributed by atoms with Gasteiger partial charge in [-0.2, -0.15) is 0 Å². The smallest absolute Gasteiger partial charge is 0.223 e. The van der Waals surface area contributed by atoms with E-state index < -0.39 is 0 Å². The van der Waals surface area contributed by atoms with Crippen LogP contribution in [-0.4, -0.2) is 30.2 Å². The van der Waals surface area contributed by atoms with E-state index in [9.17, 15) is 9.59 Å². The van der Waals surface area contributed by atoms with E-state index in [4.69, 9.17) is 16.3 Å². The maximum absolute atomic E-state index is 12.7. The van der Waals surface area contributed by atoms with E-state index in [1.54, 1.807) is 31.4 Å². The number of nitrogens with zero attached hydrogens (tertiary/aromatic N) is 1. The second-order valence-corrected chi connectivity index (χ2v) is 6.88. The number of Topliss-reactive ketones (excluding diaryl/α,β-unsaturated/α-hetero) is 1. The van der Waals surface area contributed by atoms with Crippen molar-refractivity contribution in [1.82, 2.24) is 4.90 Å². The minimum absolute atomic E-state index is 0.0322. The van der Waals surface area contributed by atoms with Crippen molar-refractivity contribution in [3.05, 3.63) is 64.7 Å². The number of halogens is 1. The molecule has 1 heterocycles. The molecule has 1 saturated heterocycles. The molecule has 26 heavy (non-hydrogen) atoms. The van der Waals surface area contributed by atoms with Crippen molar-refractivity contribution < 1.29 is 14.3 Å². The van der Waals surface area contributed by atoms with Crippen molar-refractivity contribution in [2.45, 2.75) is 31.7 Å². The van der Waals surface area contributed by atoms with E-state index in [2.05, 4.69) is 0 Å². The number of rotatable bonds is 6. The Bertz CT molecular complexity index is 771. The second kappa shape index (κ2) is 8.37. The zero-order valence-corrected chi connectivity index (χ0v) is 15.5. The van der Waals surface area contributed by atoms with Gasteiger partial charge in [0.25, 0.3) is 0 Å². The van der Waals surface area contributed by atoms with Gasteiger partial charge in [0, 0.05) is 30.0 Å². The summed E-state index contributed by atoms with van der Waals surface area (Å²) in [6, 6.07) is 14.7. The van der Waals surface area contributed by atoms with Crippen molar-refractivity contribution >= 4 is 23.3 Å². The van der Waals surface area contributed by atoms with Gasteiger partial charge in [-0.05, 0) is 54.8 Å². The Hall–Kier alpha value is -2.33. The van der Waals surface area contributed by atoms with Gasteiger partial charge in [-0.25, -0.2) is 0 Å². The summed E-state index contributed by atoms with van der Waals surface area (Å²) in [5.74, 6) is 0.805. The van der Waals surface area contributed by atoms with Crippen molar-refractivity contribution in [3.8, 4) is 5.75 Å². The summed E-state index contributed by atoms with van der Waals surface area (Å²) in [5.41, 5.74) is 1.70. The van der Waals surface area contributed by atoms with Gasteiger partial charge in [0.15, 0.2) is 5.78 Å². The number of benzene rings is 2. The molecule has 1 aliphatic heterocycles. The van der Waals surface area contributed by atoms with E-state index >= 15 is 0 Å². The van der Waals surface area contributed by atoms with Gasteiger partial charge in [-0.1, -0.05) is 23.7 Å². The van der Waals surface area contributed by atoms with Gasteiger partial charge in [0.2, 0.25) is 5.91 Å². The summed E-state index contributed by atoms with van der Waals surface area (Å²) in [6.07, 6.45) is 2.37. The van der Waals surface area contributed by atoms with Crippen LogP contribution in [0.15, 0.2) is 48.5 Å². The highest BCUT2D eigenvalue weighted by Gasteiger charge is 2.29. The Morgan fingerprint density at radius 3 is 2.42 bits per heavy atom. The third-order valence-electron chi connectivity index (χ3n) is 4.81. The second-order valence-electron chi connectivity index (χ2n) is 6.45. The fraction of sp³-hybridized carbons (Fsp3) is 0.333. The molecule has 0 N–H and O–H groups in total. The highest BCUT2D eigenvalue weighted by Crippen LogP contribution is 2.33. The number of methoxy groups -OCH3 is 1. The first-order valence-electron chi connectivity index (χ1n) is 8.80. The predicted molar refractivity (Wildman–Crippen MR) is 102 cm³/mol. The fourth-order valence-corrected chi connectivity index (χ4v) is 3.51. The molecule has 3 rings (SSSR count). The predicted octanol–water partition coefficient (Wildman–Crippen LogP) is 4.68. The number of likely N-dealkylation sites (tertiary alicyclic amines) is 1. The third-order valence-corrected chi connectivity index (χ3v) is 5.06. The largest absolute Gasteiger partial charge is 0.497 e. The number of ether oxygens (including phenoxy) is 1. The van der Waals surface area contributed by atoms with Gasteiger partial charge in [-0.15, -0.1) is 0 Å². The summed E-state index contributed by atoms with van der Waals surface area (Å²) >= 11 is 5.84. The molecule has 0 bridgehead atoms. The zero-order valence-electron chi connectivity index (χ0n) is 14.8. The molecule has 0 radical (unpaired) electrons. The minimum Gasteiger partial charge on any atom is -0.497 e. The molecule has 0 spiro atoms. The molecule has 2 aromatic rings. The van der Waals surface area contributed by atoms with E-state index in [0.29, 0.717) is 10.6 Å². The molecular formula is C21H22ClNO3. The minimum atomic E-state index is -0.0322. The van der Waals surface area contributed by atoms with E-state index in [1.807, 2.05) is 29.2 Å². The molecule has 2 aromatic carbocycles. The van der Waals surface area contributed by atoms with Crippen LogP contribution in [0.25, 0.3) is 0 Å². The lowest BCUT2D eigenvalue weighted by Crippen LogP contribution is -2.30.